The summed E-state index contributed by atoms with van der Waals surface area (Å²) < 4.78 is 50.5. The van der Waals surface area contributed by atoms with Crippen LogP contribution in [-0.4, -0.2) is 106 Å². The molecule has 4 heterocycles. The maximum atomic E-state index is 12.3. The number of hydrogen-bond acceptors (Lipinski definition) is 15. The first-order valence-corrected chi connectivity index (χ1v) is 14.4. The van der Waals surface area contributed by atoms with Gasteiger partial charge < -0.3 is 45.6 Å². The van der Waals surface area contributed by atoms with Crippen molar-refractivity contribution in [3.05, 3.63) is 12.7 Å². The maximum Gasteiger partial charge on any atom is 0.481 e. The largest absolute Gasteiger partial charge is 0.481 e. The van der Waals surface area contributed by atoms with Gasteiger partial charge in [-0.25, -0.2) is 24.1 Å². The quantitative estimate of drug-likeness (QED) is 0.145. The third-order valence-electron chi connectivity index (χ3n) is 6.02. The minimum atomic E-state index is -5.29. The second kappa shape index (κ2) is 11.4. The van der Waals surface area contributed by atoms with Crippen LogP contribution in [0, 0.1) is 0 Å². The minimum Gasteiger partial charge on any atom is -0.388 e. The fourth-order valence-electron chi connectivity index (χ4n) is 4.17. The molecule has 8 N–H and O–H groups in total. The first-order chi connectivity index (χ1) is 18.2. The lowest BCUT2D eigenvalue weighted by molar-refractivity contribution is -0.120. The lowest BCUT2D eigenvalue weighted by Crippen LogP contribution is -2.47. The monoisotopic (exact) mass is 598 g/mol. The highest BCUT2D eigenvalue weighted by Crippen LogP contribution is 2.60. The highest BCUT2D eigenvalue weighted by molar-refractivity contribution is 7.61. The number of phosphoric acid groups is 2. The van der Waals surface area contributed by atoms with Gasteiger partial charge in [-0.2, -0.15) is 4.31 Å². The molecule has 0 spiro atoms. The van der Waals surface area contributed by atoms with E-state index >= 15 is 0 Å². The topological polar surface area (TPSA) is 280 Å². The number of imidazole rings is 1. The molecule has 0 saturated carbocycles. The Bertz CT molecular complexity index is 1300. The molecule has 2 saturated heterocycles. The van der Waals surface area contributed by atoms with Crippen LogP contribution in [0.3, 0.4) is 0 Å². The Kier molecular flexibility index (Phi) is 8.73. The van der Waals surface area contributed by atoms with E-state index in [4.69, 9.17) is 24.3 Å². The Balaban J connectivity index is 1.34. The van der Waals surface area contributed by atoms with Crippen LogP contribution in [0.1, 0.15) is 20.1 Å². The molecule has 0 bridgehead atoms. The van der Waals surface area contributed by atoms with E-state index in [1.54, 1.807) is 0 Å². The standard InChI is InChI=1S/C18H28N6O13P2/c1-7-13(26)11(23-8(2)25)9(35-7)3-33-38(29,30)37-39(31,32)34-4-10-14(27)15(28)18(36-10)24-6-22-12-16(19)20-5-21-17(12)24/h5-7,9-11,13-15,18,26-28H,3-4H2,1-2H3,(H,23,25)(H,29,30)(H,31,32)(H2,19,20,21)/t7?,9-,10+,11+,13?,14?,15?,18+/m1/s1. The summed E-state index contributed by atoms with van der Waals surface area (Å²) >= 11 is 0. The van der Waals surface area contributed by atoms with E-state index in [2.05, 4.69) is 24.6 Å². The molecule has 6 unspecified atom stereocenters. The van der Waals surface area contributed by atoms with Gasteiger partial charge in [0.15, 0.2) is 17.7 Å². The van der Waals surface area contributed by atoms with E-state index in [9.17, 15) is 39.0 Å². The summed E-state index contributed by atoms with van der Waals surface area (Å²) in [6.07, 6.45) is -6.39. The number of carbonyl (C=O) groups is 1. The van der Waals surface area contributed by atoms with Crippen molar-refractivity contribution in [2.75, 3.05) is 18.9 Å². The Labute approximate surface area is 220 Å². The molecule has 19 nitrogen and oxygen atoms in total. The van der Waals surface area contributed by atoms with E-state index in [-0.39, 0.29) is 17.0 Å². The summed E-state index contributed by atoms with van der Waals surface area (Å²) in [6.45, 7) is 1.14. The molecular weight excluding hydrogens is 570 g/mol. The molecule has 218 valence electrons. The molecule has 2 aliphatic heterocycles. The summed E-state index contributed by atoms with van der Waals surface area (Å²) in [5, 5.41) is 33.4. The molecule has 21 heteroatoms. The molecule has 2 fully saturated rings. The first kappa shape index (κ1) is 29.9. The SMILES string of the molecule is CC(=O)N[C@@H]1C(O)C(C)O[C@@H]1COP(=O)(O)OP(=O)(O)OC[C@@H]1O[C@H](n2cnc3c(N)ncnc32)C(O)C1O. The van der Waals surface area contributed by atoms with Crippen LogP contribution in [0.2, 0.25) is 0 Å². The average molecular weight is 598 g/mol. The number of amides is 1. The van der Waals surface area contributed by atoms with Crippen LogP contribution in [-0.2, 0) is 36.8 Å². The number of ether oxygens (including phenoxy) is 2. The number of carbonyl (C=O) groups excluding carboxylic acids is 1. The number of fused-ring (bicyclic) bond motifs is 1. The predicted octanol–water partition coefficient (Wildman–Crippen LogP) is -2.07. The molecule has 1 amide bonds. The van der Waals surface area contributed by atoms with Crippen LogP contribution in [0.15, 0.2) is 12.7 Å². The number of nitrogens with one attached hydrogen (secondary N) is 1. The summed E-state index contributed by atoms with van der Waals surface area (Å²) in [5.41, 5.74) is 6.13. The van der Waals surface area contributed by atoms with Crippen molar-refractivity contribution in [1.82, 2.24) is 24.8 Å². The van der Waals surface area contributed by atoms with Gasteiger partial charge in [-0.1, -0.05) is 0 Å². The van der Waals surface area contributed by atoms with Crippen LogP contribution in [0.5, 0.6) is 0 Å². The third kappa shape index (κ3) is 6.62. The highest BCUT2D eigenvalue weighted by Gasteiger charge is 2.47. The fourth-order valence-corrected chi connectivity index (χ4v) is 6.27. The zero-order valence-electron chi connectivity index (χ0n) is 20.5. The lowest BCUT2D eigenvalue weighted by atomic mass is 10.1. The fraction of sp³-hybridized carbons (Fsp3) is 0.667. The molecule has 2 aromatic rings. The van der Waals surface area contributed by atoms with Crippen molar-refractivity contribution < 1.29 is 61.9 Å². The number of nitrogens with zero attached hydrogens (tertiary/aromatic N) is 4. The number of phosphoric ester groups is 2. The van der Waals surface area contributed by atoms with Crippen molar-refractivity contribution in [2.45, 2.75) is 62.7 Å². The number of nitrogen functional groups attached to an aromatic ring is 1. The van der Waals surface area contributed by atoms with Crippen molar-refractivity contribution in [3.63, 3.8) is 0 Å². The van der Waals surface area contributed by atoms with Crippen LogP contribution >= 0.6 is 15.6 Å². The van der Waals surface area contributed by atoms with Gasteiger partial charge in [0.2, 0.25) is 5.91 Å². The van der Waals surface area contributed by atoms with Crippen LogP contribution in [0.4, 0.5) is 5.82 Å². The molecule has 4 rings (SSSR count). The van der Waals surface area contributed by atoms with Crippen molar-refractivity contribution in [3.8, 4) is 0 Å². The summed E-state index contributed by atoms with van der Waals surface area (Å²) in [5.74, 6) is -0.433. The van der Waals surface area contributed by atoms with Gasteiger partial charge in [-0.3, -0.25) is 18.4 Å². The number of aliphatic hydroxyl groups is 3. The van der Waals surface area contributed by atoms with Gasteiger partial charge in [-0.05, 0) is 6.92 Å². The zero-order chi connectivity index (χ0) is 28.7. The third-order valence-corrected chi connectivity index (χ3v) is 8.62. The van der Waals surface area contributed by atoms with E-state index in [0.29, 0.717) is 0 Å². The maximum absolute atomic E-state index is 12.3. The normalized spacial score (nSPS) is 34.1. The van der Waals surface area contributed by atoms with Crippen molar-refractivity contribution in [2.24, 2.45) is 0 Å². The van der Waals surface area contributed by atoms with Gasteiger partial charge in [-0.15, -0.1) is 0 Å². The number of hydrogen-bond donors (Lipinski definition) is 7. The predicted molar refractivity (Wildman–Crippen MR) is 126 cm³/mol. The van der Waals surface area contributed by atoms with E-state index in [1.807, 2.05) is 0 Å². The molecule has 0 aromatic carbocycles. The molecule has 0 aliphatic carbocycles. The zero-order valence-corrected chi connectivity index (χ0v) is 22.2. The van der Waals surface area contributed by atoms with Gasteiger partial charge in [0.05, 0.1) is 31.7 Å². The highest BCUT2D eigenvalue weighted by atomic mass is 31.3. The van der Waals surface area contributed by atoms with Gasteiger partial charge >= 0.3 is 15.6 Å². The number of aliphatic hydroxyl groups excluding tert-OH is 3. The summed E-state index contributed by atoms with van der Waals surface area (Å²) in [7, 11) is -10.5. The summed E-state index contributed by atoms with van der Waals surface area (Å²) in [6, 6.07) is -0.981. The van der Waals surface area contributed by atoms with E-state index in [1.165, 1.54) is 24.7 Å². The average Bonchev–Trinajstić information content (AvgIpc) is 3.47. The van der Waals surface area contributed by atoms with Crippen molar-refractivity contribution in [1.29, 1.82) is 0 Å². The Morgan fingerprint density at radius 2 is 1.69 bits per heavy atom. The number of rotatable bonds is 10. The Morgan fingerprint density at radius 1 is 1.05 bits per heavy atom. The Hall–Kier alpha value is -2.12. The first-order valence-electron chi connectivity index (χ1n) is 11.4. The second-order valence-corrected chi connectivity index (χ2v) is 11.9. The van der Waals surface area contributed by atoms with Crippen LogP contribution in [0.25, 0.3) is 11.2 Å². The van der Waals surface area contributed by atoms with Gasteiger partial charge in [0.1, 0.15) is 42.4 Å². The van der Waals surface area contributed by atoms with Gasteiger partial charge in [0, 0.05) is 6.92 Å². The van der Waals surface area contributed by atoms with Crippen LogP contribution < -0.4 is 11.1 Å². The molecule has 39 heavy (non-hydrogen) atoms. The number of nitrogens with two attached hydrogens (primary N) is 1. The van der Waals surface area contributed by atoms with Gasteiger partial charge in [0.25, 0.3) is 0 Å². The molecular formula is C18H28N6O13P2. The second-order valence-electron chi connectivity index (χ2n) is 8.84. The molecule has 0 radical (unpaired) electrons. The lowest BCUT2D eigenvalue weighted by Gasteiger charge is -2.22. The Morgan fingerprint density at radius 3 is 2.33 bits per heavy atom. The number of anilines is 1. The van der Waals surface area contributed by atoms with E-state index in [0.717, 1.165) is 6.33 Å². The van der Waals surface area contributed by atoms with E-state index < -0.39 is 83.7 Å². The summed E-state index contributed by atoms with van der Waals surface area (Å²) in [4.78, 5) is 43.1. The molecule has 2 aliphatic rings. The molecule has 10 atom stereocenters. The molecule has 2 aromatic heterocycles. The minimum absolute atomic E-state index is 0.0662. The smallest absolute Gasteiger partial charge is 0.388 e. The van der Waals surface area contributed by atoms with Crippen molar-refractivity contribution >= 4 is 38.5 Å². The number of aromatic nitrogens is 4.